The van der Waals surface area contributed by atoms with Gasteiger partial charge >= 0.3 is 0 Å². The zero-order valence-electron chi connectivity index (χ0n) is 11.8. The van der Waals surface area contributed by atoms with Crippen LogP contribution in [0, 0.1) is 0 Å². The number of rotatable bonds is 2. The molecule has 0 bridgehead atoms. The van der Waals surface area contributed by atoms with Crippen LogP contribution in [0.1, 0.15) is 5.56 Å². The molecular weight excluding hydrogens is 341 g/mol. The number of aromatic nitrogens is 2. The van der Waals surface area contributed by atoms with E-state index >= 15 is 0 Å². The molecule has 6 nitrogen and oxygen atoms in total. The van der Waals surface area contributed by atoms with Crippen LogP contribution < -0.4 is 16.7 Å². The van der Waals surface area contributed by atoms with Gasteiger partial charge in [0.25, 0.3) is 5.56 Å². The van der Waals surface area contributed by atoms with Gasteiger partial charge in [-0.1, -0.05) is 23.7 Å². The zero-order chi connectivity index (χ0) is 15.9. The van der Waals surface area contributed by atoms with Crippen LogP contribution in [0.25, 0.3) is 5.52 Å². The molecular formula is C15H13Cl2N3O3. The van der Waals surface area contributed by atoms with Gasteiger partial charge in [-0.05, 0) is 17.7 Å². The minimum absolute atomic E-state index is 0. The monoisotopic (exact) mass is 353 g/mol. The summed E-state index contributed by atoms with van der Waals surface area (Å²) in [6, 6.07) is 7.10. The summed E-state index contributed by atoms with van der Waals surface area (Å²) in [5, 5.41) is 10.5. The lowest BCUT2D eigenvalue weighted by molar-refractivity contribution is 0.472. The molecule has 1 aromatic carbocycles. The van der Waals surface area contributed by atoms with Crippen LogP contribution in [0.15, 0.2) is 52.4 Å². The number of nitrogens with two attached hydrogens (primary N) is 1. The molecule has 0 unspecified atom stereocenters. The van der Waals surface area contributed by atoms with E-state index in [9.17, 15) is 14.7 Å². The highest BCUT2D eigenvalue weighted by atomic mass is 35.5. The Morgan fingerprint density at radius 1 is 1.22 bits per heavy atom. The van der Waals surface area contributed by atoms with Gasteiger partial charge in [0.2, 0.25) is 5.43 Å². The van der Waals surface area contributed by atoms with Crippen molar-refractivity contribution in [2.24, 2.45) is 0 Å². The molecule has 0 aliphatic heterocycles. The average molecular weight is 354 g/mol. The van der Waals surface area contributed by atoms with Crippen LogP contribution in [0.5, 0.6) is 5.75 Å². The SMILES string of the molecule is Cl.Nc1cn2ccn(Cc3cccc(Cl)c3)c(=O)c2c(O)c1=O. The summed E-state index contributed by atoms with van der Waals surface area (Å²) < 4.78 is 2.72. The molecule has 120 valence electrons. The van der Waals surface area contributed by atoms with Crippen LogP contribution in [-0.2, 0) is 6.54 Å². The molecule has 8 heteroatoms. The Labute approximate surface area is 141 Å². The van der Waals surface area contributed by atoms with E-state index in [4.69, 9.17) is 17.3 Å². The molecule has 2 aromatic heterocycles. The Morgan fingerprint density at radius 3 is 2.65 bits per heavy atom. The first-order chi connectivity index (χ1) is 10.5. The second kappa shape index (κ2) is 6.36. The number of nitrogen functional groups attached to an aromatic ring is 1. The molecule has 0 aliphatic rings. The third-order valence-electron chi connectivity index (χ3n) is 3.35. The number of benzene rings is 1. The average Bonchev–Trinajstić information content (AvgIpc) is 2.48. The van der Waals surface area contributed by atoms with E-state index in [1.807, 2.05) is 6.07 Å². The van der Waals surface area contributed by atoms with Gasteiger partial charge in [-0.2, -0.15) is 0 Å². The van der Waals surface area contributed by atoms with Crippen molar-refractivity contribution in [2.45, 2.75) is 6.54 Å². The summed E-state index contributed by atoms with van der Waals surface area (Å²) in [6.07, 6.45) is 4.42. The maximum atomic E-state index is 12.5. The van der Waals surface area contributed by atoms with Crippen LogP contribution in [0.3, 0.4) is 0 Å². The predicted molar refractivity (Wildman–Crippen MR) is 91.8 cm³/mol. The summed E-state index contributed by atoms with van der Waals surface area (Å²) in [7, 11) is 0. The van der Waals surface area contributed by atoms with Crippen molar-refractivity contribution in [2.75, 3.05) is 5.73 Å². The van der Waals surface area contributed by atoms with E-state index in [-0.39, 0.29) is 30.2 Å². The number of hydrogen-bond donors (Lipinski definition) is 2. The van der Waals surface area contributed by atoms with E-state index in [0.29, 0.717) is 5.02 Å². The van der Waals surface area contributed by atoms with E-state index in [1.165, 1.54) is 15.2 Å². The largest absolute Gasteiger partial charge is 0.502 e. The standard InChI is InChI=1S/C15H12ClN3O3.ClH/c16-10-3-1-2-9(6-10)7-19-5-4-18-8-11(17)13(20)14(21)12(18)15(19)22;/h1-6,8,21H,7,17H2;1H. The van der Waals surface area contributed by atoms with Gasteiger partial charge in [-0.15, -0.1) is 12.4 Å². The molecule has 0 spiro atoms. The van der Waals surface area contributed by atoms with Crippen LogP contribution in [0.2, 0.25) is 5.02 Å². The van der Waals surface area contributed by atoms with Gasteiger partial charge in [-0.3, -0.25) is 9.59 Å². The number of pyridine rings is 1. The minimum Gasteiger partial charge on any atom is -0.502 e. The molecule has 23 heavy (non-hydrogen) atoms. The molecule has 2 heterocycles. The van der Waals surface area contributed by atoms with Gasteiger partial charge in [0.1, 0.15) is 5.69 Å². The Kier molecular flexibility index (Phi) is 4.68. The second-order valence-electron chi connectivity index (χ2n) is 4.88. The van der Waals surface area contributed by atoms with Crippen molar-refractivity contribution in [1.29, 1.82) is 0 Å². The highest BCUT2D eigenvalue weighted by molar-refractivity contribution is 6.30. The summed E-state index contributed by atoms with van der Waals surface area (Å²) in [5.74, 6) is -0.648. The Balaban J connectivity index is 0.00000192. The molecule has 0 atom stereocenters. The topological polar surface area (TPSA) is 89.7 Å². The fraction of sp³-hybridized carbons (Fsp3) is 0.0667. The Morgan fingerprint density at radius 2 is 1.96 bits per heavy atom. The molecule has 0 amide bonds. The zero-order valence-corrected chi connectivity index (χ0v) is 13.3. The highest BCUT2D eigenvalue weighted by Gasteiger charge is 2.13. The molecule has 0 saturated heterocycles. The van der Waals surface area contributed by atoms with Crippen LogP contribution in [0.4, 0.5) is 5.69 Å². The first-order valence-corrected chi connectivity index (χ1v) is 6.82. The maximum Gasteiger partial charge on any atom is 0.279 e. The minimum atomic E-state index is -0.752. The molecule has 3 rings (SSSR count). The molecule has 3 aromatic rings. The number of nitrogens with zero attached hydrogens (tertiary/aromatic N) is 2. The number of hydrogen-bond acceptors (Lipinski definition) is 4. The fourth-order valence-corrected chi connectivity index (χ4v) is 2.49. The molecule has 0 saturated carbocycles. The molecule has 0 radical (unpaired) electrons. The third-order valence-corrected chi connectivity index (χ3v) is 3.59. The number of anilines is 1. The summed E-state index contributed by atoms with van der Waals surface area (Å²) >= 11 is 5.92. The van der Waals surface area contributed by atoms with Crippen molar-refractivity contribution in [3.8, 4) is 5.75 Å². The third kappa shape index (κ3) is 3.04. The lowest BCUT2D eigenvalue weighted by atomic mass is 10.2. The van der Waals surface area contributed by atoms with Crippen molar-refractivity contribution in [3.63, 3.8) is 0 Å². The smallest absolute Gasteiger partial charge is 0.279 e. The van der Waals surface area contributed by atoms with Gasteiger partial charge in [0.15, 0.2) is 11.3 Å². The van der Waals surface area contributed by atoms with E-state index in [2.05, 4.69) is 0 Å². The first-order valence-electron chi connectivity index (χ1n) is 6.44. The quantitative estimate of drug-likeness (QED) is 0.735. The van der Waals surface area contributed by atoms with Crippen LogP contribution >= 0.6 is 24.0 Å². The number of aromatic hydroxyl groups is 1. The molecule has 0 aliphatic carbocycles. The summed E-state index contributed by atoms with van der Waals surface area (Å²) in [5.41, 5.74) is 4.86. The second-order valence-corrected chi connectivity index (χ2v) is 5.32. The number of fused-ring (bicyclic) bond motifs is 1. The fourth-order valence-electron chi connectivity index (χ4n) is 2.28. The predicted octanol–water partition coefficient (Wildman–Crippen LogP) is 1.87. The van der Waals surface area contributed by atoms with Crippen molar-refractivity contribution in [3.05, 3.63) is 74.0 Å². The summed E-state index contributed by atoms with van der Waals surface area (Å²) in [4.78, 5) is 24.2. The Hall–Kier alpha value is -2.44. The Bertz CT molecular complexity index is 995. The van der Waals surface area contributed by atoms with Crippen molar-refractivity contribution in [1.82, 2.24) is 8.97 Å². The van der Waals surface area contributed by atoms with Gasteiger partial charge in [0, 0.05) is 23.6 Å². The van der Waals surface area contributed by atoms with Crippen molar-refractivity contribution < 1.29 is 5.11 Å². The van der Waals surface area contributed by atoms with Gasteiger partial charge in [0.05, 0.1) is 6.54 Å². The lowest BCUT2D eigenvalue weighted by Crippen LogP contribution is -2.24. The van der Waals surface area contributed by atoms with Gasteiger partial charge < -0.3 is 19.8 Å². The first kappa shape index (κ1) is 16.9. The van der Waals surface area contributed by atoms with E-state index < -0.39 is 16.7 Å². The maximum absolute atomic E-state index is 12.5. The highest BCUT2D eigenvalue weighted by Crippen LogP contribution is 2.14. The summed E-state index contributed by atoms with van der Waals surface area (Å²) in [6.45, 7) is 0.272. The van der Waals surface area contributed by atoms with Crippen LogP contribution in [-0.4, -0.2) is 14.1 Å². The lowest BCUT2D eigenvalue weighted by Gasteiger charge is -2.10. The number of halogens is 2. The van der Waals surface area contributed by atoms with Gasteiger partial charge in [-0.25, -0.2) is 0 Å². The molecule has 0 fully saturated rings. The van der Waals surface area contributed by atoms with Crippen molar-refractivity contribution >= 4 is 35.2 Å². The van der Waals surface area contributed by atoms with E-state index in [0.717, 1.165) is 5.56 Å². The molecule has 3 N–H and O–H groups in total. The normalized spacial score (nSPS) is 10.5. The van der Waals surface area contributed by atoms with E-state index in [1.54, 1.807) is 30.6 Å².